The Morgan fingerprint density at radius 1 is 1.07 bits per heavy atom. The highest BCUT2D eigenvalue weighted by molar-refractivity contribution is 7.22. The van der Waals surface area contributed by atoms with Crippen molar-refractivity contribution in [1.29, 1.82) is 0 Å². The van der Waals surface area contributed by atoms with Crippen LogP contribution in [0.4, 0.5) is 10.8 Å². The molecule has 4 aromatic rings. The van der Waals surface area contributed by atoms with Gasteiger partial charge in [-0.3, -0.25) is 9.69 Å². The molecule has 2 aromatic carbocycles. The van der Waals surface area contributed by atoms with Crippen LogP contribution in [-0.2, 0) is 4.79 Å². The monoisotopic (exact) mass is 388 g/mol. The third-order valence-electron chi connectivity index (χ3n) is 4.45. The zero-order valence-corrected chi connectivity index (χ0v) is 16.5. The SMILES string of the molecule is CC(C)c1ccc(N(C(=O)/C=C/c2ccco2)c2nc3ccccc3s2)cc1. The van der Waals surface area contributed by atoms with E-state index in [1.807, 2.05) is 42.5 Å². The van der Waals surface area contributed by atoms with Gasteiger partial charge in [0.15, 0.2) is 5.13 Å². The number of hydrogen-bond acceptors (Lipinski definition) is 4. The smallest absolute Gasteiger partial charge is 0.257 e. The van der Waals surface area contributed by atoms with Gasteiger partial charge in [-0.15, -0.1) is 0 Å². The molecule has 0 bridgehead atoms. The van der Waals surface area contributed by atoms with Crippen LogP contribution in [0, 0.1) is 0 Å². The van der Waals surface area contributed by atoms with Crippen molar-refractivity contribution in [2.24, 2.45) is 0 Å². The number of fused-ring (bicyclic) bond motifs is 1. The fourth-order valence-electron chi connectivity index (χ4n) is 2.91. The minimum absolute atomic E-state index is 0.173. The van der Waals surface area contributed by atoms with Crippen LogP contribution in [0.15, 0.2) is 77.4 Å². The van der Waals surface area contributed by atoms with Gasteiger partial charge >= 0.3 is 0 Å². The maximum Gasteiger partial charge on any atom is 0.257 e. The normalized spacial score (nSPS) is 11.5. The summed E-state index contributed by atoms with van der Waals surface area (Å²) < 4.78 is 6.34. The number of anilines is 2. The van der Waals surface area contributed by atoms with E-state index < -0.39 is 0 Å². The van der Waals surface area contributed by atoms with Gasteiger partial charge in [0, 0.05) is 6.08 Å². The lowest BCUT2D eigenvalue weighted by molar-refractivity contribution is -0.113. The summed E-state index contributed by atoms with van der Waals surface area (Å²) in [5.74, 6) is 0.889. The van der Waals surface area contributed by atoms with Crippen molar-refractivity contribution in [1.82, 2.24) is 4.98 Å². The first-order chi connectivity index (χ1) is 13.6. The lowest BCUT2D eigenvalue weighted by atomic mass is 10.0. The summed E-state index contributed by atoms with van der Waals surface area (Å²) in [6.07, 6.45) is 4.77. The largest absolute Gasteiger partial charge is 0.465 e. The molecule has 0 spiro atoms. The first-order valence-corrected chi connectivity index (χ1v) is 9.94. The Morgan fingerprint density at radius 3 is 2.54 bits per heavy atom. The first kappa shape index (κ1) is 18.2. The van der Waals surface area contributed by atoms with E-state index in [1.165, 1.54) is 23.0 Å². The Bertz CT molecular complexity index is 1080. The molecule has 28 heavy (non-hydrogen) atoms. The molecule has 0 radical (unpaired) electrons. The zero-order valence-electron chi connectivity index (χ0n) is 15.7. The molecular weight excluding hydrogens is 368 g/mol. The Kier molecular flexibility index (Phi) is 5.08. The minimum atomic E-state index is -0.173. The van der Waals surface area contributed by atoms with Gasteiger partial charge in [0.05, 0.1) is 22.2 Å². The topological polar surface area (TPSA) is 46.3 Å². The number of para-hydroxylation sites is 1. The van der Waals surface area contributed by atoms with Crippen molar-refractivity contribution in [2.75, 3.05) is 4.90 Å². The van der Waals surface area contributed by atoms with Crippen molar-refractivity contribution in [3.05, 3.63) is 84.3 Å². The standard InChI is InChI=1S/C23H20N2O2S/c1-16(2)17-9-11-18(12-10-17)25(22(26)14-13-19-6-5-15-27-19)23-24-20-7-3-4-8-21(20)28-23/h3-16H,1-2H3/b14-13+. The Labute approximate surface area is 167 Å². The molecule has 1 amide bonds. The molecule has 0 aliphatic carbocycles. The average molecular weight is 388 g/mol. The molecule has 2 aromatic heterocycles. The number of furan rings is 1. The first-order valence-electron chi connectivity index (χ1n) is 9.13. The Balaban J connectivity index is 1.74. The van der Waals surface area contributed by atoms with Crippen molar-refractivity contribution < 1.29 is 9.21 Å². The van der Waals surface area contributed by atoms with Gasteiger partial charge in [0.25, 0.3) is 5.91 Å². The van der Waals surface area contributed by atoms with Gasteiger partial charge in [-0.25, -0.2) is 4.98 Å². The van der Waals surface area contributed by atoms with Crippen molar-refractivity contribution in [3.63, 3.8) is 0 Å². The van der Waals surface area contributed by atoms with E-state index >= 15 is 0 Å². The van der Waals surface area contributed by atoms with Gasteiger partial charge in [0.1, 0.15) is 5.76 Å². The van der Waals surface area contributed by atoms with Crippen LogP contribution in [0.2, 0.25) is 0 Å². The van der Waals surface area contributed by atoms with Crippen LogP contribution in [-0.4, -0.2) is 10.9 Å². The summed E-state index contributed by atoms with van der Waals surface area (Å²) in [4.78, 5) is 19.4. The van der Waals surface area contributed by atoms with Crippen LogP contribution >= 0.6 is 11.3 Å². The highest BCUT2D eigenvalue weighted by atomic mass is 32.1. The van der Waals surface area contributed by atoms with Crippen LogP contribution in [0.1, 0.15) is 31.1 Å². The van der Waals surface area contributed by atoms with Crippen molar-refractivity contribution in [3.8, 4) is 0 Å². The predicted molar refractivity (Wildman–Crippen MR) is 115 cm³/mol. The quantitative estimate of drug-likeness (QED) is 0.372. The summed E-state index contributed by atoms with van der Waals surface area (Å²) >= 11 is 1.50. The number of hydrogen-bond donors (Lipinski definition) is 0. The number of nitrogens with zero attached hydrogens (tertiary/aromatic N) is 2. The molecule has 0 saturated heterocycles. The summed E-state index contributed by atoms with van der Waals surface area (Å²) in [7, 11) is 0. The molecular formula is C23H20N2O2S. The number of carbonyl (C=O) groups excluding carboxylic acids is 1. The van der Waals surface area contributed by atoms with Crippen LogP contribution in [0.5, 0.6) is 0 Å². The lowest BCUT2D eigenvalue weighted by Crippen LogP contribution is -2.23. The fraction of sp³-hybridized carbons (Fsp3) is 0.130. The van der Waals surface area contributed by atoms with Gasteiger partial charge in [-0.1, -0.05) is 49.4 Å². The van der Waals surface area contributed by atoms with E-state index in [0.29, 0.717) is 16.8 Å². The number of amides is 1. The van der Waals surface area contributed by atoms with E-state index in [-0.39, 0.29) is 5.91 Å². The van der Waals surface area contributed by atoms with E-state index in [1.54, 1.807) is 23.3 Å². The van der Waals surface area contributed by atoms with E-state index in [4.69, 9.17) is 4.42 Å². The third-order valence-corrected chi connectivity index (χ3v) is 5.47. The van der Waals surface area contributed by atoms with E-state index in [0.717, 1.165) is 15.9 Å². The summed E-state index contributed by atoms with van der Waals surface area (Å²) in [5.41, 5.74) is 2.90. The van der Waals surface area contributed by atoms with Crippen LogP contribution in [0.3, 0.4) is 0 Å². The molecule has 0 aliphatic heterocycles. The second kappa shape index (κ2) is 7.82. The average Bonchev–Trinajstić information content (AvgIpc) is 3.36. The van der Waals surface area contributed by atoms with E-state index in [2.05, 4.69) is 31.0 Å². The van der Waals surface area contributed by atoms with Crippen molar-refractivity contribution >= 4 is 44.4 Å². The van der Waals surface area contributed by atoms with Gasteiger partial charge < -0.3 is 4.42 Å². The van der Waals surface area contributed by atoms with Crippen LogP contribution < -0.4 is 4.90 Å². The second-order valence-corrected chi connectivity index (χ2v) is 7.74. The minimum Gasteiger partial charge on any atom is -0.465 e. The number of aromatic nitrogens is 1. The predicted octanol–water partition coefficient (Wildman–Crippen LogP) is 6.39. The number of benzene rings is 2. The summed E-state index contributed by atoms with van der Waals surface area (Å²) in [6, 6.07) is 19.6. The summed E-state index contributed by atoms with van der Waals surface area (Å²) in [6.45, 7) is 4.30. The molecule has 5 heteroatoms. The zero-order chi connectivity index (χ0) is 19.5. The van der Waals surface area contributed by atoms with Gasteiger partial charge in [-0.2, -0.15) is 0 Å². The molecule has 0 aliphatic rings. The fourth-order valence-corrected chi connectivity index (χ4v) is 3.90. The highest BCUT2D eigenvalue weighted by Crippen LogP contribution is 2.34. The molecule has 2 heterocycles. The third kappa shape index (κ3) is 3.75. The maximum atomic E-state index is 13.1. The van der Waals surface area contributed by atoms with Crippen molar-refractivity contribution in [2.45, 2.75) is 19.8 Å². The molecule has 0 fully saturated rings. The molecule has 0 atom stereocenters. The molecule has 0 saturated carbocycles. The molecule has 0 unspecified atom stereocenters. The number of rotatable bonds is 5. The molecule has 140 valence electrons. The molecule has 0 N–H and O–H groups in total. The van der Waals surface area contributed by atoms with Gasteiger partial charge in [0.2, 0.25) is 0 Å². The number of carbonyl (C=O) groups is 1. The molecule has 4 nitrogen and oxygen atoms in total. The molecule has 4 rings (SSSR count). The highest BCUT2D eigenvalue weighted by Gasteiger charge is 2.20. The number of thiazole rings is 1. The summed E-state index contributed by atoms with van der Waals surface area (Å²) in [5, 5.41) is 0.646. The van der Waals surface area contributed by atoms with Crippen LogP contribution in [0.25, 0.3) is 16.3 Å². The maximum absolute atomic E-state index is 13.1. The Morgan fingerprint density at radius 2 is 1.86 bits per heavy atom. The van der Waals surface area contributed by atoms with Gasteiger partial charge in [-0.05, 0) is 54.0 Å². The Hall–Kier alpha value is -3.18. The lowest BCUT2D eigenvalue weighted by Gasteiger charge is -2.19. The second-order valence-electron chi connectivity index (χ2n) is 6.73. The van der Waals surface area contributed by atoms with E-state index in [9.17, 15) is 4.79 Å².